The number of ether oxygens (including phenoxy) is 1. The van der Waals surface area contributed by atoms with Crippen molar-refractivity contribution in [2.24, 2.45) is 5.92 Å². The Balaban J connectivity index is 1.73. The van der Waals surface area contributed by atoms with Crippen LogP contribution in [-0.2, 0) is 4.74 Å². The molecule has 0 aromatic heterocycles. The van der Waals surface area contributed by atoms with Crippen LogP contribution in [0, 0.1) is 5.92 Å². The summed E-state index contributed by atoms with van der Waals surface area (Å²) in [5, 5.41) is 2.36. The Labute approximate surface area is 92.5 Å². The van der Waals surface area contributed by atoms with Crippen LogP contribution in [0.5, 0.6) is 0 Å². The monoisotopic (exact) mass is 213 g/mol. The van der Waals surface area contributed by atoms with Crippen LogP contribution in [-0.4, -0.2) is 62.9 Å². The van der Waals surface area contributed by atoms with E-state index in [2.05, 4.69) is 22.4 Å². The summed E-state index contributed by atoms with van der Waals surface area (Å²) in [7, 11) is 3.98. The highest BCUT2D eigenvalue weighted by Crippen LogP contribution is 2.32. The van der Waals surface area contributed by atoms with Gasteiger partial charge in [0.1, 0.15) is 0 Å². The summed E-state index contributed by atoms with van der Waals surface area (Å²) >= 11 is 0. The molecule has 1 unspecified atom stereocenters. The SMILES string of the molecule is COCC(NN1CCN(C)CC1)C1CC1. The summed E-state index contributed by atoms with van der Waals surface area (Å²) in [5.74, 6) is 0.851. The molecule has 1 heterocycles. The van der Waals surface area contributed by atoms with Gasteiger partial charge in [-0.15, -0.1) is 0 Å². The second-order valence-electron chi connectivity index (χ2n) is 4.82. The Morgan fingerprint density at radius 1 is 1.27 bits per heavy atom. The molecule has 0 aromatic carbocycles. The smallest absolute Gasteiger partial charge is 0.0632 e. The van der Waals surface area contributed by atoms with Crippen LogP contribution in [0.1, 0.15) is 12.8 Å². The molecule has 1 saturated heterocycles. The van der Waals surface area contributed by atoms with Crippen LogP contribution < -0.4 is 5.43 Å². The maximum Gasteiger partial charge on any atom is 0.0632 e. The summed E-state index contributed by atoms with van der Waals surface area (Å²) in [6, 6.07) is 0.540. The maximum absolute atomic E-state index is 5.27. The first kappa shape index (κ1) is 11.3. The van der Waals surface area contributed by atoms with Gasteiger partial charge in [0, 0.05) is 39.3 Å². The third-order valence-corrected chi connectivity index (χ3v) is 3.39. The van der Waals surface area contributed by atoms with Crippen LogP contribution in [0.15, 0.2) is 0 Å². The molecule has 1 atom stereocenters. The predicted octanol–water partition coefficient (Wildman–Crippen LogP) is 0.163. The Bertz CT molecular complexity index is 188. The van der Waals surface area contributed by atoms with Gasteiger partial charge in [0.15, 0.2) is 0 Å². The van der Waals surface area contributed by atoms with E-state index < -0.39 is 0 Å². The Kier molecular flexibility index (Phi) is 3.97. The van der Waals surface area contributed by atoms with Gasteiger partial charge >= 0.3 is 0 Å². The third-order valence-electron chi connectivity index (χ3n) is 3.39. The van der Waals surface area contributed by atoms with Gasteiger partial charge in [0.25, 0.3) is 0 Å². The average molecular weight is 213 g/mol. The zero-order chi connectivity index (χ0) is 10.7. The average Bonchev–Trinajstić information content (AvgIpc) is 3.04. The zero-order valence-corrected chi connectivity index (χ0v) is 9.91. The lowest BCUT2D eigenvalue weighted by Crippen LogP contribution is -2.55. The Hall–Kier alpha value is -0.160. The molecule has 0 aromatic rings. The number of hydrazine groups is 1. The molecule has 1 saturated carbocycles. The van der Waals surface area contributed by atoms with Gasteiger partial charge in [-0.2, -0.15) is 0 Å². The van der Waals surface area contributed by atoms with E-state index in [1.54, 1.807) is 7.11 Å². The van der Waals surface area contributed by atoms with Crippen molar-refractivity contribution in [1.29, 1.82) is 0 Å². The van der Waals surface area contributed by atoms with E-state index in [9.17, 15) is 0 Å². The molecule has 2 rings (SSSR count). The number of likely N-dealkylation sites (N-methyl/N-ethyl adjacent to an activating group) is 1. The molecule has 0 radical (unpaired) electrons. The quantitative estimate of drug-likeness (QED) is 0.704. The minimum absolute atomic E-state index is 0.540. The fourth-order valence-electron chi connectivity index (χ4n) is 2.13. The summed E-state index contributed by atoms with van der Waals surface area (Å²) in [5.41, 5.74) is 3.62. The lowest BCUT2D eigenvalue weighted by atomic mass is 10.2. The molecule has 1 aliphatic heterocycles. The molecule has 2 aliphatic rings. The second kappa shape index (κ2) is 5.25. The van der Waals surface area contributed by atoms with Crippen LogP contribution >= 0.6 is 0 Å². The van der Waals surface area contributed by atoms with Gasteiger partial charge < -0.3 is 9.64 Å². The molecule has 0 amide bonds. The highest BCUT2D eigenvalue weighted by molar-refractivity contribution is 4.86. The number of hydrogen-bond donors (Lipinski definition) is 1. The Morgan fingerprint density at radius 2 is 1.93 bits per heavy atom. The van der Waals surface area contributed by atoms with Crippen molar-refractivity contribution in [3.63, 3.8) is 0 Å². The number of rotatable bonds is 5. The molecule has 4 nitrogen and oxygen atoms in total. The molecule has 1 aliphatic carbocycles. The molecule has 4 heteroatoms. The molecule has 0 bridgehead atoms. The fourth-order valence-corrected chi connectivity index (χ4v) is 2.13. The second-order valence-corrected chi connectivity index (χ2v) is 4.82. The largest absolute Gasteiger partial charge is 0.383 e. The van der Waals surface area contributed by atoms with Crippen molar-refractivity contribution < 1.29 is 4.74 Å². The normalized spacial score (nSPS) is 26.8. The molecule has 2 fully saturated rings. The number of hydrogen-bond acceptors (Lipinski definition) is 4. The summed E-state index contributed by atoms with van der Waals surface area (Å²) in [4.78, 5) is 2.38. The highest BCUT2D eigenvalue weighted by Gasteiger charge is 2.32. The maximum atomic E-state index is 5.27. The summed E-state index contributed by atoms with van der Waals surface area (Å²) < 4.78 is 5.27. The van der Waals surface area contributed by atoms with E-state index in [4.69, 9.17) is 4.74 Å². The minimum Gasteiger partial charge on any atom is -0.383 e. The van der Waals surface area contributed by atoms with Crippen molar-refractivity contribution in [2.75, 3.05) is 46.9 Å². The molecule has 1 N–H and O–H groups in total. The van der Waals surface area contributed by atoms with E-state index in [1.807, 2.05) is 0 Å². The van der Waals surface area contributed by atoms with Gasteiger partial charge in [-0.1, -0.05) is 0 Å². The van der Waals surface area contributed by atoms with Gasteiger partial charge in [-0.3, -0.25) is 0 Å². The number of nitrogens with one attached hydrogen (secondary N) is 1. The van der Waals surface area contributed by atoms with Crippen molar-refractivity contribution in [2.45, 2.75) is 18.9 Å². The van der Waals surface area contributed by atoms with Crippen molar-refractivity contribution in [1.82, 2.24) is 15.3 Å². The molecular formula is C11H23N3O. The van der Waals surface area contributed by atoms with E-state index >= 15 is 0 Å². The first-order chi connectivity index (χ1) is 7.29. The van der Waals surface area contributed by atoms with Gasteiger partial charge in [-0.05, 0) is 25.8 Å². The van der Waals surface area contributed by atoms with Gasteiger partial charge in [0.2, 0.25) is 0 Å². The zero-order valence-electron chi connectivity index (χ0n) is 9.91. The van der Waals surface area contributed by atoms with Crippen molar-refractivity contribution in [3.05, 3.63) is 0 Å². The van der Waals surface area contributed by atoms with E-state index in [0.717, 1.165) is 38.7 Å². The molecule has 0 spiro atoms. The molecule has 15 heavy (non-hydrogen) atoms. The van der Waals surface area contributed by atoms with Crippen molar-refractivity contribution >= 4 is 0 Å². The highest BCUT2D eigenvalue weighted by atomic mass is 16.5. The first-order valence-electron chi connectivity index (χ1n) is 5.98. The van der Waals surface area contributed by atoms with Gasteiger partial charge in [-0.25, -0.2) is 10.4 Å². The summed E-state index contributed by atoms with van der Waals surface area (Å²) in [6.07, 6.45) is 2.74. The number of methoxy groups -OCH3 is 1. The van der Waals surface area contributed by atoms with Crippen molar-refractivity contribution in [3.8, 4) is 0 Å². The topological polar surface area (TPSA) is 27.7 Å². The molecular weight excluding hydrogens is 190 g/mol. The van der Waals surface area contributed by atoms with Gasteiger partial charge in [0.05, 0.1) is 6.61 Å². The molecule has 88 valence electrons. The van der Waals surface area contributed by atoms with E-state index in [-0.39, 0.29) is 0 Å². The first-order valence-corrected chi connectivity index (χ1v) is 5.98. The van der Waals surface area contributed by atoms with Crippen LogP contribution in [0.2, 0.25) is 0 Å². The Morgan fingerprint density at radius 3 is 2.47 bits per heavy atom. The van der Waals surface area contributed by atoms with E-state index in [1.165, 1.54) is 12.8 Å². The lowest BCUT2D eigenvalue weighted by Gasteiger charge is -2.35. The number of nitrogens with zero attached hydrogens (tertiary/aromatic N) is 2. The number of piperazine rings is 1. The van der Waals surface area contributed by atoms with Crippen LogP contribution in [0.4, 0.5) is 0 Å². The fraction of sp³-hybridized carbons (Fsp3) is 1.00. The third kappa shape index (κ3) is 3.41. The minimum atomic E-state index is 0.540. The van der Waals surface area contributed by atoms with E-state index in [0.29, 0.717) is 6.04 Å². The van der Waals surface area contributed by atoms with Crippen LogP contribution in [0.25, 0.3) is 0 Å². The summed E-state index contributed by atoms with van der Waals surface area (Å²) in [6.45, 7) is 5.43. The lowest BCUT2D eigenvalue weighted by molar-refractivity contribution is 0.0540. The van der Waals surface area contributed by atoms with Crippen LogP contribution in [0.3, 0.4) is 0 Å². The standard InChI is InChI=1S/C11H23N3O/c1-13-5-7-14(8-6-13)12-11(9-15-2)10-3-4-10/h10-12H,3-9H2,1-2H3. The predicted molar refractivity (Wildman–Crippen MR) is 60.6 cm³/mol.